The van der Waals surface area contributed by atoms with Crippen molar-refractivity contribution in [2.45, 2.75) is 19.4 Å². The van der Waals surface area contributed by atoms with E-state index in [9.17, 15) is 5.11 Å². The van der Waals surface area contributed by atoms with Gasteiger partial charge in [-0.2, -0.15) is 0 Å². The largest absolute Gasteiger partial charge is 0.508 e. The number of hydrogen-bond acceptors (Lipinski definition) is 3. The Kier molecular flexibility index (Phi) is 3.61. The number of halogens is 1. The molecule has 14 heavy (non-hydrogen) atoms. The quantitative estimate of drug-likeness (QED) is 0.813. The molecule has 0 fully saturated rings. The van der Waals surface area contributed by atoms with Crippen LogP contribution in [0.4, 0.5) is 0 Å². The molecular weight excluding hydrogens is 204 g/mol. The number of phenols is 1. The van der Waals surface area contributed by atoms with Crippen molar-refractivity contribution in [3.05, 3.63) is 22.7 Å². The van der Waals surface area contributed by atoms with Crippen molar-refractivity contribution in [3.63, 3.8) is 0 Å². The molecule has 1 unspecified atom stereocenters. The molecule has 1 aromatic rings. The molecule has 0 aliphatic carbocycles. The molecule has 2 N–H and O–H groups in total. The lowest BCUT2D eigenvalue weighted by atomic mass is 10.1. The maximum absolute atomic E-state index is 9.55. The second-order valence-electron chi connectivity index (χ2n) is 3.17. The van der Waals surface area contributed by atoms with Crippen molar-refractivity contribution >= 4 is 11.6 Å². The number of ether oxygens (including phenoxy) is 1. The zero-order valence-electron chi connectivity index (χ0n) is 8.12. The zero-order chi connectivity index (χ0) is 10.7. The van der Waals surface area contributed by atoms with Crippen molar-refractivity contribution in [2.75, 3.05) is 7.11 Å². The van der Waals surface area contributed by atoms with Gasteiger partial charge in [-0.05, 0) is 18.6 Å². The molecule has 0 bridgehead atoms. The van der Waals surface area contributed by atoms with E-state index in [0.717, 1.165) is 0 Å². The Morgan fingerprint density at radius 1 is 1.50 bits per heavy atom. The molecule has 4 heteroatoms. The Morgan fingerprint density at radius 3 is 2.64 bits per heavy atom. The van der Waals surface area contributed by atoms with Crippen LogP contribution in [0.2, 0.25) is 5.02 Å². The summed E-state index contributed by atoms with van der Waals surface area (Å²) in [6, 6.07) is 3.04. The second kappa shape index (κ2) is 4.53. The predicted molar refractivity (Wildman–Crippen MR) is 55.1 cm³/mol. The van der Waals surface area contributed by atoms with Crippen molar-refractivity contribution in [1.29, 1.82) is 0 Å². The average Bonchev–Trinajstić information content (AvgIpc) is 2.10. The van der Waals surface area contributed by atoms with Crippen molar-refractivity contribution in [1.82, 2.24) is 0 Å². The Morgan fingerprint density at radius 2 is 2.14 bits per heavy atom. The third-order valence-electron chi connectivity index (χ3n) is 1.87. The lowest BCUT2D eigenvalue weighted by Crippen LogP contribution is -2.04. The summed E-state index contributed by atoms with van der Waals surface area (Å²) in [5.74, 6) is 0.519. The lowest BCUT2D eigenvalue weighted by Gasteiger charge is -2.10. The Hall–Kier alpha value is -0.930. The molecule has 1 aromatic carbocycles. The van der Waals surface area contributed by atoms with E-state index in [1.54, 1.807) is 13.0 Å². The minimum Gasteiger partial charge on any atom is -0.508 e. The Balaban J connectivity index is 3.02. The van der Waals surface area contributed by atoms with Gasteiger partial charge in [0.05, 0.1) is 18.2 Å². The summed E-state index contributed by atoms with van der Waals surface area (Å²) in [6.45, 7) is 1.65. The third kappa shape index (κ3) is 2.53. The van der Waals surface area contributed by atoms with E-state index >= 15 is 0 Å². The molecule has 1 atom stereocenters. The van der Waals surface area contributed by atoms with Crippen LogP contribution in [0.25, 0.3) is 0 Å². The predicted octanol–water partition coefficient (Wildman–Crippen LogP) is 1.98. The van der Waals surface area contributed by atoms with Gasteiger partial charge in [-0.1, -0.05) is 11.6 Å². The highest BCUT2D eigenvalue weighted by Crippen LogP contribution is 2.32. The van der Waals surface area contributed by atoms with Crippen LogP contribution in [-0.2, 0) is 6.42 Å². The number of aliphatic hydroxyl groups is 1. The fraction of sp³-hybridized carbons (Fsp3) is 0.400. The summed E-state index contributed by atoms with van der Waals surface area (Å²) >= 11 is 5.87. The van der Waals surface area contributed by atoms with Crippen LogP contribution in [0, 0.1) is 0 Å². The molecule has 0 amide bonds. The number of aliphatic hydroxyl groups excluding tert-OH is 1. The number of methoxy groups -OCH3 is 1. The number of phenolic OH excluding ortho intramolecular Hbond substituents is 1. The minimum absolute atomic E-state index is 0.0900. The van der Waals surface area contributed by atoms with Gasteiger partial charge in [-0.3, -0.25) is 0 Å². The number of aromatic hydroxyl groups is 1. The van der Waals surface area contributed by atoms with Gasteiger partial charge in [0.1, 0.15) is 11.5 Å². The molecule has 0 aliphatic rings. The first kappa shape index (κ1) is 11.1. The number of benzene rings is 1. The maximum atomic E-state index is 9.55. The van der Waals surface area contributed by atoms with Crippen LogP contribution in [0.1, 0.15) is 12.5 Å². The molecule has 1 rings (SSSR count). The second-order valence-corrected chi connectivity index (χ2v) is 3.58. The fourth-order valence-electron chi connectivity index (χ4n) is 1.22. The molecule has 0 aromatic heterocycles. The van der Waals surface area contributed by atoms with Gasteiger partial charge in [-0.15, -0.1) is 0 Å². The fourth-order valence-corrected chi connectivity index (χ4v) is 1.49. The molecular formula is C10H13ClO3. The van der Waals surface area contributed by atoms with Crippen LogP contribution in [-0.4, -0.2) is 23.4 Å². The first-order chi connectivity index (χ1) is 6.54. The van der Waals surface area contributed by atoms with E-state index in [0.29, 0.717) is 22.8 Å². The molecule has 0 spiro atoms. The van der Waals surface area contributed by atoms with Crippen LogP contribution < -0.4 is 4.74 Å². The normalized spacial score (nSPS) is 12.6. The van der Waals surface area contributed by atoms with Crippen molar-refractivity contribution in [3.8, 4) is 11.5 Å². The first-order valence-corrected chi connectivity index (χ1v) is 4.65. The third-order valence-corrected chi connectivity index (χ3v) is 2.16. The number of rotatable bonds is 3. The van der Waals surface area contributed by atoms with Crippen LogP contribution in [0.3, 0.4) is 0 Å². The summed E-state index contributed by atoms with van der Waals surface area (Å²) in [5.41, 5.74) is 0.616. The first-order valence-electron chi connectivity index (χ1n) is 4.28. The maximum Gasteiger partial charge on any atom is 0.141 e. The smallest absolute Gasteiger partial charge is 0.141 e. The summed E-state index contributed by atoms with van der Waals surface area (Å²) in [7, 11) is 1.48. The van der Waals surface area contributed by atoms with Gasteiger partial charge in [-0.25, -0.2) is 0 Å². The molecule has 0 radical (unpaired) electrons. The van der Waals surface area contributed by atoms with E-state index in [2.05, 4.69) is 0 Å². The van der Waals surface area contributed by atoms with Gasteiger partial charge in [0.15, 0.2) is 0 Å². The molecule has 0 saturated carbocycles. The van der Waals surface area contributed by atoms with E-state index in [1.807, 2.05) is 0 Å². The molecule has 0 saturated heterocycles. The molecule has 3 nitrogen and oxygen atoms in total. The zero-order valence-corrected chi connectivity index (χ0v) is 8.88. The topological polar surface area (TPSA) is 49.7 Å². The van der Waals surface area contributed by atoms with Crippen molar-refractivity contribution in [2.24, 2.45) is 0 Å². The molecule has 0 heterocycles. The van der Waals surface area contributed by atoms with Gasteiger partial charge < -0.3 is 14.9 Å². The van der Waals surface area contributed by atoms with Gasteiger partial charge in [0.2, 0.25) is 0 Å². The Bertz CT molecular complexity index is 323. The van der Waals surface area contributed by atoms with Gasteiger partial charge in [0, 0.05) is 12.5 Å². The van der Waals surface area contributed by atoms with E-state index < -0.39 is 6.10 Å². The number of hydrogen-bond donors (Lipinski definition) is 2. The highest BCUT2D eigenvalue weighted by molar-refractivity contribution is 6.32. The van der Waals surface area contributed by atoms with Crippen LogP contribution >= 0.6 is 11.6 Å². The summed E-state index contributed by atoms with van der Waals surface area (Å²) in [6.07, 6.45) is -0.138. The summed E-state index contributed by atoms with van der Waals surface area (Å²) < 4.78 is 4.93. The standard InChI is InChI=1S/C10H13ClO3/c1-6(12)3-7-4-8(11)10(14-2)5-9(7)13/h4-6,12-13H,3H2,1-2H3. The summed E-state index contributed by atoms with van der Waals surface area (Å²) in [4.78, 5) is 0. The SMILES string of the molecule is COc1cc(O)c(CC(C)O)cc1Cl. The van der Waals surface area contributed by atoms with Crippen molar-refractivity contribution < 1.29 is 14.9 Å². The summed E-state index contributed by atoms with van der Waals surface area (Å²) in [5, 5.41) is 19.1. The lowest BCUT2D eigenvalue weighted by molar-refractivity contribution is 0.194. The minimum atomic E-state index is -0.509. The monoisotopic (exact) mass is 216 g/mol. The van der Waals surface area contributed by atoms with Crippen LogP contribution in [0.15, 0.2) is 12.1 Å². The Labute approximate surface area is 87.9 Å². The highest BCUT2D eigenvalue weighted by Gasteiger charge is 2.09. The molecule has 78 valence electrons. The van der Waals surface area contributed by atoms with Crippen LogP contribution in [0.5, 0.6) is 11.5 Å². The molecule has 0 aliphatic heterocycles. The van der Waals surface area contributed by atoms with E-state index in [-0.39, 0.29) is 5.75 Å². The van der Waals surface area contributed by atoms with E-state index in [4.69, 9.17) is 21.4 Å². The van der Waals surface area contributed by atoms with Gasteiger partial charge in [0.25, 0.3) is 0 Å². The highest BCUT2D eigenvalue weighted by atomic mass is 35.5. The van der Waals surface area contributed by atoms with Gasteiger partial charge >= 0.3 is 0 Å². The van der Waals surface area contributed by atoms with E-state index in [1.165, 1.54) is 13.2 Å². The average molecular weight is 217 g/mol.